The van der Waals surface area contributed by atoms with E-state index in [-0.39, 0.29) is 24.1 Å². The lowest BCUT2D eigenvalue weighted by Crippen LogP contribution is -2.41. The van der Waals surface area contributed by atoms with Crippen molar-refractivity contribution in [1.82, 2.24) is 0 Å². The van der Waals surface area contributed by atoms with E-state index in [2.05, 4.69) is 34.6 Å². The van der Waals surface area contributed by atoms with Crippen LogP contribution in [0, 0.1) is 0 Å². The number of ether oxygens (including phenoxy) is 1. The van der Waals surface area contributed by atoms with Gasteiger partial charge in [-0.15, -0.1) is 0 Å². The van der Waals surface area contributed by atoms with E-state index >= 15 is 0 Å². The topological polar surface area (TPSA) is 27.7 Å². The highest BCUT2D eigenvalue weighted by Gasteiger charge is 2.52. The van der Waals surface area contributed by atoms with Gasteiger partial charge in [0.15, 0.2) is 0 Å². The Morgan fingerprint density at radius 2 is 1.58 bits per heavy atom. The second-order valence-electron chi connectivity index (χ2n) is 6.23. The fourth-order valence-corrected chi connectivity index (χ4v) is 1.94. The molecular weight excluding hydrogens is 239 g/mol. The third-order valence-corrected chi connectivity index (χ3v) is 3.99. The molecule has 0 aromatic heterocycles. The van der Waals surface area contributed by atoms with Crippen molar-refractivity contribution in [1.29, 1.82) is 0 Å². The maximum atomic E-state index is 6.01. The highest BCUT2D eigenvalue weighted by Crippen LogP contribution is 2.39. The highest BCUT2D eigenvalue weighted by atomic mass is 16.7. The first-order chi connectivity index (χ1) is 8.82. The van der Waals surface area contributed by atoms with Crippen molar-refractivity contribution in [3.63, 3.8) is 0 Å². The summed E-state index contributed by atoms with van der Waals surface area (Å²) < 4.78 is 17.8. The molecular formula is C15H23BO3. The summed E-state index contributed by atoms with van der Waals surface area (Å²) in [5.41, 5.74) is -0.558. The number of para-hydroxylation sites is 1. The predicted octanol–water partition coefficient (Wildman–Crippen LogP) is 3.55. The van der Waals surface area contributed by atoms with Gasteiger partial charge in [0.1, 0.15) is 5.75 Å². The number of hydrogen-bond acceptors (Lipinski definition) is 3. The summed E-state index contributed by atoms with van der Waals surface area (Å²) in [7, 11) is -0.214. The fraction of sp³-hybridized carbons (Fsp3) is 0.600. The van der Waals surface area contributed by atoms with Crippen LogP contribution in [0.3, 0.4) is 0 Å². The summed E-state index contributed by atoms with van der Waals surface area (Å²) in [6.07, 6.45) is 0. The van der Waals surface area contributed by atoms with E-state index in [1.165, 1.54) is 0 Å². The highest BCUT2D eigenvalue weighted by molar-refractivity contribution is 6.47. The quantitative estimate of drug-likeness (QED) is 0.776. The molecule has 0 aliphatic carbocycles. The Morgan fingerprint density at radius 3 is 2.11 bits per heavy atom. The van der Waals surface area contributed by atoms with Crippen LogP contribution in [0.1, 0.15) is 34.6 Å². The Labute approximate surface area is 116 Å². The standard InChI is InChI=1S/C15H23BO3/c1-12(11-17-13-9-7-6-8-10-13)16-18-14(2,3)15(4,5)19-16/h6-10,12H,11H2,1-5H3. The van der Waals surface area contributed by atoms with Crippen LogP contribution in [-0.4, -0.2) is 24.9 Å². The molecule has 104 valence electrons. The minimum Gasteiger partial charge on any atom is -0.494 e. The van der Waals surface area contributed by atoms with Crippen LogP contribution in [0.15, 0.2) is 30.3 Å². The second-order valence-corrected chi connectivity index (χ2v) is 6.23. The molecule has 1 saturated heterocycles. The number of rotatable bonds is 4. The Hall–Kier alpha value is -0.995. The zero-order valence-corrected chi connectivity index (χ0v) is 12.5. The van der Waals surface area contributed by atoms with Gasteiger partial charge < -0.3 is 14.0 Å². The molecule has 0 N–H and O–H groups in total. The summed E-state index contributed by atoms with van der Waals surface area (Å²) in [5, 5.41) is 0. The van der Waals surface area contributed by atoms with E-state index in [1.54, 1.807) is 0 Å². The first-order valence-electron chi connectivity index (χ1n) is 6.85. The van der Waals surface area contributed by atoms with Crippen LogP contribution in [0.2, 0.25) is 5.82 Å². The maximum absolute atomic E-state index is 6.01. The molecule has 0 spiro atoms. The molecule has 1 aromatic carbocycles. The van der Waals surface area contributed by atoms with Gasteiger partial charge in [-0.2, -0.15) is 0 Å². The summed E-state index contributed by atoms with van der Waals surface area (Å²) in [5.74, 6) is 1.06. The average Bonchev–Trinajstić information content (AvgIpc) is 2.57. The van der Waals surface area contributed by atoms with Crippen LogP contribution >= 0.6 is 0 Å². The Kier molecular flexibility index (Phi) is 3.93. The van der Waals surface area contributed by atoms with Crippen LogP contribution < -0.4 is 4.74 Å². The van der Waals surface area contributed by atoms with E-state index in [0.717, 1.165) is 5.75 Å². The van der Waals surface area contributed by atoms with E-state index in [0.29, 0.717) is 6.61 Å². The summed E-state index contributed by atoms with van der Waals surface area (Å²) >= 11 is 0. The lowest BCUT2D eigenvalue weighted by molar-refractivity contribution is 0.00578. The molecule has 0 radical (unpaired) electrons. The van der Waals surface area contributed by atoms with Gasteiger partial charge in [0.25, 0.3) is 0 Å². The van der Waals surface area contributed by atoms with E-state index in [9.17, 15) is 0 Å². The SMILES string of the molecule is CC(COc1ccccc1)B1OC(C)(C)C(C)(C)O1. The molecule has 1 heterocycles. The van der Waals surface area contributed by atoms with Gasteiger partial charge >= 0.3 is 7.12 Å². The first-order valence-corrected chi connectivity index (χ1v) is 6.85. The average molecular weight is 262 g/mol. The third-order valence-electron chi connectivity index (χ3n) is 3.99. The van der Waals surface area contributed by atoms with Gasteiger partial charge in [-0.3, -0.25) is 0 Å². The summed E-state index contributed by atoms with van der Waals surface area (Å²) in [6, 6.07) is 9.82. The van der Waals surface area contributed by atoms with Crippen molar-refractivity contribution >= 4 is 7.12 Å². The number of hydrogen-bond donors (Lipinski definition) is 0. The molecule has 2 rings (SSSR count). The molecule has 1 fully saturated rings. The van der Waals surface area contributed by atoms with Crippen LogP contribution in [0.5, 0.6) is 5.75 Å². The molecule has 0 bridgehead atoms. The number of benzene rings is 1. The Balaban J connectivity index is 1.90. The second kappa shape index (κ2) is 5.18. The van der Waals surface area contributed by atoms with Gasteiger partial charge in [0, 0.05) is 5.82 Å². The van der Waals surface area contributed by atoms with Crippen molar-refractivity contribution in [2.24, 2.45) is 0 Å². The lowest BCUT2D eigenvalue weighted by Gasteiger charge is -2.32. The van der Waals surface area contributed by atoms with Crippen LogP contribution in [0.25, 0.3) is 0 Å². The largest absolute Gasteiger partial charge is 0.494 e. The minimum absolute atomic E-state index is 0.182. The molecule has 19 heavy (non-hydrogen) atoms. The zero-order chi connectivity index (χ0) is 14.1. The molecule has 3 nitrogen and oxygen atoms in total. The minimum atomic E-state index is -0.279. The lowest BCUT2D eigenvalue weighted by atomic mass is 9.74. The van der Waals surface area contributed by atoms with Crippen molar-refractivity contribution in [2.75, 3.05) is 6.61 Å². The summed E-state index contributed by atoms with van der Waals surface area (Å²) in [6.45, 7) is 10.9. The predicted molar refractivity (Wildman–Crippen MR) is 77.4 cm³/mol. The monoisotopic (exact) mass is 262 g/mol. The van der Waals surface area contributed by atoms with E-state index in [4.69, 9.17) is 14.0 Å². The maximum Gasteiger partial charge on any atom is 0.464 e. The Bertz CT molecular complexity index is 401. The molecule has 1 aliphatic rings. The Morgan fingerprint density at radius 1 is 1.05 bits per heavy atom. The van der Waals surface area contributed by atoms with Crippen LogP contribution in [-0.2, 0) is 9.31 Å². The van der Waals surface area contributed by atoms with Gasteiger partial charge in [-0.25, -0.2) is 0 Å². The molecule has 0 saturated carbocycles. The first kappa shape index (κ1) is 14.4. The van der Waals surface area contributed by atoms with Gasteiger partial charge in [-0.1, -0.05) is 25.1 Å². The van der Waals surface area contributed by atoms with Crippen LogP contribution in [0.4, 0.5) is 0 Å². The van der Waals surface area contributed by atoms with E-state index in [1.807, 2.05) is 30.3 Å². The third kappa shape index (κ3) is 3.12. The normalized spacial score (nSPS) is 22.3. The van der Waals surface area contributed by atoms with E-state index < -0.39 is 0 Å². The molecule has 0 amide bonds. The smallest absolute Gasteiger partial charge is 0.464 e. The molecule has 1 atom stereocenters. The van der Waals surface area contributed by atoms with Crippen molar-refractivity contribution in [3.8, 4) is 5.75 Å². The molecule has 1 aromatic rings. The molecule has 4 heteroatoms. The molecule has 1 unspecified atom stereocenters. The van der Waals surface area contributed by atoms with Crippen molar-refractivity contribution in [2.45, 2.75) is 51.6 Å². The van der Waals surface area contributed by atoms with Gasteiger partial charge in [0.2, 0.25) is 0 Å². The van der Waals surface area contributed by atoms with Gasteiger partial charge in [0.05, 0.1) is 17.8 Å². The van der Waals surface area contributed by atoms with Crippen molar-refractivity contribution in [3.05, 3.63) is 30.3 Å². The summed E-state index contributed by atoms with van der Waals surface area (Å²) in [4.78, 5) is 0. The van der Waals surface area contributed by atoms with Crippen molar-refractivity contribution < 1.29 is 14.0 Å². The fourth-order valence-electron chi connectivity index (χ4n) is 1.94. The van der Waals surface area contributed by atoms with Gasteiger partial charge in [-0.05, 0) is 39.8 Å². The molecule has 1 aliphatic heterocycles. The zero-order valence-electron chi connectivity index (χ0n) is 12.5.